The first-order chi connectivity index (χ1) is 7.15. The summed E-state index contributed by atoms with van der Waals surface area (Å²) >= 11 is 0. The topological polar surface area (TPSA) is 89.1 Å². The molecule has 1 aromatic rings. The number of rotatable bonds is 5. The third kappa shape index (κ3) is 3.19. The van der Waals surface area contributed by atoms with Crippen LogP contribution < -0.4 is 5.73 Å². The summed E-state index contributed by atoms with van der Waals surface area (Å²) in [4.78, 5) is 18.4. The van der Waals surface area contributed by atoms with Crippen molar-refractivity contribution in [1.29, 1.82) is 0 Å². The molecule has 82 valence electrons. The Bertz CT molecular complexity index is 353. The highest BCUT2D eigenvalue weighted by Crippen LogP contribution is 2.08. The van der Waals surface area contributed by atoms with Crippen molar-refractivity contribution in [3.63, 3.8) is 0 Å². The summed E-state index contributed by atoms with van der Waals surface area (Å²) in [6.07, 6.45) is 5.57. The standard InChI is InChI=1S/C10H15N3O2/c1-2-3-4-5-7-6-12-8(10(14)15)9(11)13-7/h6H,2-5H2,1H3,(H2,11,13)(H,14,15). The molecule has 1 heterocycles. The minimum atomic E-state index is -1.14. The molecule has 5 nitrogen and oxygen atoms in total. The molecule has 1 rings (SSSR count). The smallest absolute Gasteiger partial charge is 0.358 e. The van der Waals surface area contributed by atoms with Crippen molar-refractivity contribution in [2.45, 2.75) is 32.6 Å². The third-order valence-corrected chi connectivity index (χ3v) is 2.09. The molecular formula is C10H15N3O2. The van der Waals surface area contributed by atoms with Crippen LogP contribution in [0.25, 0.3) is 0 Å². The third-order valence-electron chi connectivity index (χ3n) is 2.09. The van der Waals surface area contributed by atoms with Gasteiger partial charge in [-0.1, -0.05) is 19.8 Å². The summed E-state index contributed by atoms with van der Waals surface area (Å²) in [6, 6.07) is 0. The van der Waals surface area contributed by atoms with Gasteiger partial charge in [0.05, 0.1) is 5.69 Å². The Morgan fingerprint density at radius 3 is 2.80 bits per heavy atom. The highest BCUT2D eigenvalue weighted by atomic mass is 16.4. The molecular weight excluding hydrogens is 194 g/mol. The van der Waals surface area contributed by atoms with E-state index in [0.717, 1.165) is 31.4 Å². The van der Waals surface area contributed by atoms with Crippen LogP contribution in [0.2, 0.25) is 0 Å². The molecule has 0 radical (unpaired) electrons. The fourth-order valence-electron chi connectivity index (χ4n) is 1.28. The van der Waals surface area contributed by atoms with Gasteiger partial charge in [0.2, 0.25) is 0 Å². The number of carboxylic acid groups (broad SMARTS) is 1. The number of anilines is 1. The van der Waals surface area contributed by atoms with E-state index in [1.165, 1.54) is 6.20 Å². The Labute approximate surface area is 88.4 Å². The van der Waals surface area contributed by atoms with Crippen LogP contribution in [0.15, 0.2) is 6.20 Å². The number of hydrogen-bond acceptors (Lipinski definition) is 4. The molecule has 1 aromatic heterocycles. The lowest BCUT2D eigenvalue weighted by Gasteiger charge is -2.02. The van der Waals surface area contributed by atoms with Crippen molar-refractivity contribution in [1.82, 2.24) is 9.97 Å². The number of carboxylic acids is 1. The molecule has 0 atom stereocenters. The maximum Gasteiger partial charge on any atom is 0.358 e. The summed E-state index contributed by atoms with van der Waals surface area (Å²) in [5.74, 6) is -1.14. The van der Waals surface area contributed by atoms with E-state index in [2.05, 4.69) is 16.9 Å². The van der Waals surface area contributed by atoms with Crippen LogP contribution in [0.5, 0.6) is 0 Å². The average Bonchev–Trinajstić information content (AvgIpc) is 2.17. The van der Waals surface area contributed by atoms with Crippen LogP contribution in [-0.2, 0) is 6.42 Å². The number of nitrogen functional groups attached to an aromatic ring is 1. The lowest BCUT2D eigenvalue weighted by atomic mass is 10.1. The molecule has 0 fully saturated rings. The molecule has 0 aliphatic rings. The van der Waals surface area contributed by atoms with Gasteiger partial charge in [-0.25, -0.2) is 14.8 Å². The van der Waals surface area contributed by atoms with E-state index >= 15 is 0 Å². The maximum atomic E-state index is 10.6. The van der Waals surface area contributed by atoms with E-state index in [1.54, 1.807) is 0 Å². The first-order valence-electron chi connectivity index (χ1n) is 4.99. The zero-order valence-electron chi connectivity index (χ0n) is 8.73. The zero-order chi connectivity index (χ0) is 11.3. The zero-order valence-corrected chi connectivity index (χ0v) is 8.73. The average molecular weight is 209 g/mol. The Morgan fingerprint density at radius 2 is 2.27 bits per heavy atom. The minimum absolute atomic E-state index is 0.00324. The van der Waals surface area contributed by atoms with Crippen LogP contribution in [0.1, 0.15) is 42.4 Å². The second kappa shape index (κ2) is 5.29. The fourth-order valence-corrected chi connectivity index (χ4v) is 1.28. The van der Waals surface area contributed by atoms with Gasteiger partial charge in [0.15, 0.2) is 11.5 Å². The van der Waals surface area contributed by atoms with Gasteiger partial charge in [-0.15, -0.1) is 0 Å². The molecule has 0 aliphatic carbocycles. The second-order valence-electron chi connectivity index (χ2n) is 3.36. The van der Waals surface area contributed by atoms with Crippen LogP contribution in [0, 0.1) is 0 Å². The SMILES string of the molecule is CCCCCc1cnc(C(=O)O)c(N)n1. The lowest BCUT2D eigenvalue weighted by Crippen LogP contribution is -2.09. The molecule has 0 bridgehead atoms. The van der Waals surface area contributed by atoms with Gasteiger partial charge < -0.3 is 10.8 Å². The Kier molecular flexibility index (Phi) is 4.03. The van der Waals surface area contributed by atoms with Crippen LogP contribution >= 0.6 is 0 Å². The lowest BCUT2D eigenvalue weighted by molar-refractivity contribution is 0.0691. The summed E-state index contributed by atoms with van der Waals surface area (Å²) in [6.45, 7) is 2.12. The quantitative estimate of drug-likeness (QED) is 0.717. The van der Waals surface area contributed by atoms with Gasteiger partial charge in [-0.05, 0) is 12.8 Å². The van der Waals surface area contributed by atoms with Gasteiger partial charge >= 0.3 is 5.97 Å². The highest BCUT2D eigenvalue weighted by molar-refractivity contribution is 5.90. The van der Waals surface area contributed by atoms with Crippen LogP contribution in [0.3, 0.4) is 0 Å². The number of aryl methyl sites for hydroxylation is 1. The van der Waals surface area contributed by atoms with Crippen molar-refractivity contribution < 1.29 is 9.90 Å². The summed E-state index contributed by atoms with van der Waals surface area (Å²) in [7, 11) is 0. The first kappa shape index (κ1) is 11.4. The molecule has 0 spiro atoms. The number of carbonyl (C=O) groups is 1. The normalized spacial score (nSPS) is 10.2. The number of nitrogens with zero attached hydrogens (tertiary/aromatic N) is 2. The van der Waals surface area contributed by atoms with E-state index in [0.29, 0.717) is 0 Å². The van der Waals surface area contributed by atoms with Crippen molar-refractivity contribution in [3.8, 4) is 0 Å². The van der Waals surface area contributed by atoms with Gasteiger partial charge in [0, 0.05) is 6.20 Å². The Morgan fingerprint density at radius 1 is 1.53 bits per heavy atom. The molecule has 0 aromatic carbocycles. The van der Waals surface area contributed by atoms with E-state index in [4.69, 9.17) is 10.8 Å². The van der Waals surface area contributed by atoms with E-state index in [9.17, 15) is 4.79 Å². The fraction of sp³-hybridized carbons (Fsp3) is 0.500. The number of unbranched alkanes of at least 4 members (excludes halogenated alkanes) is 2. The Balaban J connectivity index is 2.69. The van der Waals surface area contributed by atoms with Crippen LogP contribution in [0.4, 0.5) is 5.82 Å². The summed E-state index contributed by atoms with van der Waals surface area (Å²) < 4.78 is 0. The minimum Gasteiger partial charge on any atom is -0.476 e. The van der Waals surface area contributed by atoms with E-state index < -0.39 is 5.97 Å². The second-order valence-corrected chi connectivity index (χ2v) is 3.36. The Hall–Kier alpha value is -1.65. The monoisotopic (exact) mass is 209 g/mol. The molecule has 15 heavy (non-hydrogen) atoms. The van der Waals surface area contributed by atoms with Crippen molar-refractivity contribution >= 4 is 11.8 Å². The largest absolute Gasteiger partial charge is 0.476 e. The summed E-state index contributed by atoms with van der Waals surface area (Å²) in [5, 5.41) is 8.69. The van der Waals surface area contributed by atoms with Crippen molar-refractivity contribution in [2.24, 2.45) is 0 Å². The van der Waals surface area contributed by atoms with Crippen molar-refractivity contribution in [3.05, 3.63) is 17.6 Å². The number of hydrogen-bond donors (Lipinski definition) is 2. The summed E-state index contributed by atoms with van der Waals surface area (Å²) in [5.41, 5.74) is 6.06. The predicted octanol–water partition coefficient (Wildman–Crippen LogP) is 1.49. The van der Waals surface area contributed by atoms with Crippen molar-refractivity contribution in [2.75, 3.05) is 5.73 Å². The molecule has 0 amide bonds. The molecule has 0 aliphatic heterocycles. The molecule has 3 N–H and O–H groups in total. The molecule has 5 heteroatoms. The molecule has 0 saturated heterocycles. The molecule has 0 saturated carbocycles. The number of nitrogens with two attached hydrogens (primary N) is 1. The van der Waals surface area contributed by atoms with Gasteiger partial charge in [-0.3, -0.25) is 0 Å². The first-order valence-corrected chi connectivity index (χ1v) is 4.99. The molecule has 0 unspecified atom stereocenters. The van der Waals surface area contributed by atoms with E-state index in [1.807, 2.05) is 0 Å². The maximum absolute atomic E-state index is 10.6. The highest BCUT2D eigenvalue weighted by Gasteiger charge is 2.11. The van der Waals surface area contributed by atoms with Gasteiger partial charge in [0.1, 0.15) is 0 Å². The van der Waals surface area contributed by atoms with Gasteiger partial charge in [-0.2, -0.15) is 0 Å². The van der Waals surface area contributed by atoms with Crippen LogP contribution in [-0.4, -0.2) is 21.0 Å². The van der Waals surface area contributed by atoms with E-state index in [-0.39, 0.29) is 11.5 Å². The van der Waals surface area contributed by atoms with Gasteiger partial charge in [0.25, 0.3) is 0 Å². The number of aromatic carboxylic acids is 1. The number of aromatic nitrogens is 2. The predicted molar refractivity (Wildman–Crippen MR) is 56.6 cm³/mol.